The highest BCUT2D eigenvalue weighted by atomic mass is 32.1. The van der Waals surface area contributed by atoms with Crippen LogP contribution in [0.3, 0.4) is 0 Å². The van der Waals surface area contributed by atoms with Gasteiger partial charge in [-0.15, -0.1) is 11.3 Å². The Labute approximate surface area is 172 Å². The fraction of sp³-hybridized carbons (Fsp3) is 0.261. The maximum absolute atomic E-state index is 13.0. The highest BCUT2D eigenvalue weighted by Gasteiger charge is 2.31. The number of amides is 1. The van der Waals surface area contributed by atoms with Crippen LogP contribution >= 0.6 is 11.3 Å². The molecule has 0 aliphatic carbocycles. The van der Waals surface area contributed by atoms with Gasteiger partial charge in [-0.3, -0.25) is 9.59 Å². The first-order valence-electron chi connectivity index (χ1n) is 9.79. The average molecular weight is 404 g/mol. The molecule has 0 bridgehead atoms. The van der Waals surface area contributed by atoms with Crippen molar-refractivity contribution in [2.45, 2.75) is 19.8 Å². The van der Waals surface area contributed by atoms with Crippen LogP contribution in [0.25, 0.3) is 21.2 Å². The smallest absolute Gasteiger partial charge is 0.289 e. The number of aryl methyl sites for hydroxylation is 1. The van der Waals surface area contributed by atoms with Crippen molar-refractivity contribution in [2.75, 3.05) is 13.1 Å². The van der Waals surface area contributed by atoms with Crippen LogP contribution in [0.1, 0.15) is 38.8 Å². The SMILES string of the molecule is Cc1c(C(=O)N2CCC(C(=O)c3nc4ccccc4s3)CC2)oc2ccccc12. The largest absolute Gasteiger partial charge is 0.451 e. The normalized spacial score (nSPS) is 15.3. The Bertz CT molecular complexity index is 1200. The molecule has 6 heteroatoms. The second kappa shape index (κ2) is 7.12. The minimum atomic E-state index is -0.0930. The number of carbonyl (C=O) groups is 2. The zero-order valence-corrected chi connectivity index (χ0v) is 16.9. The second-order valence-corrected chi connectivity index (χ2v) is 8.50. The first kappa shape index (κ1) is 18.1. The highest BCUT2D eigenvalue weighted by Crippen LogP contribution is 2.30. The first-order valence-corrected chi connectivity index (χ1v) is 10.6. The summed E-state index contributed by atoms with van der Waals surface area (Å²) in [6, 6.07) is 15.5. The third-order valence-corrected chi connectivity index (χ3v) is 6.75. The molecule has 29 heavy (non-hydrogen) atoms. The van der Waals surface area contributed by atoms with Crippen molar-refractivity contribution in [3.05, 3.63) is 64.9 Å². The molecule has 5 rings (SSSR count). The van der Waals surface area contributed by atoms with Gasteiger partial charge in [-0.25, -0.2) is 4.98 Å². The van der Waals surface area contributed by atoms with Crippen LogP contribution in [-0.4, -0.2) is 34.7 Å². The van der Waals surface area contributed by atoms with E-state index in [1.54, 1.807) is 4.90 Å². The van der Waals surface area contributed by atoms with Crippen LogP contribution in [0.15, 0.2) is 52.9 Å². The van der Waals surface area contributed by atoms with Crippen molar-refractivity contribution in [1.82, 2.24) is 9.88 Å². The lowest BCUT2D eigenvalue weighted by atomic mass is 9.92. The van der Waals surface area contributed by atoms with Gasteiger partial charge < -0.3 is 9.32 Å². The van der Waals surface area contributed by atoms with Crippen molar-refractivity contribution in [3.63, 3.8) is 0 Å². The molecule has 1 amide bonds. The molecule has 0 unspecified atom stereocenters. The quantitative estimate of drug-likeness (QED) is 0.446. The zero-order valence-electron chi connectivity index (χ0n) is 16.1. The maximum atomic E-state index is 13.0. The summed E-state index contributed by atoms with van der Waals surface area (Å²) in [6.45, 7) is 3.02. The standard InChI is InChI=1S/C23H20N2O3S/c1-14-16-6-2-4-8-18(16)28-21(14)23(27)25-12-10-15(11-13-25)20(26)22-24-17-7-3-5-9-19(17)29-22/h2-9,15H,10-13H2,1H3. The number of hydrogen-bond donors (Lipinski definition) is 0. The van der Waals surface area contributed by atoms with Gasteiger partial charge in [-0.1, -0.05) is 30.3 Å². The molecule has 2 aromatic heterocycles. The van der Waals surface area contributed by atoms with Crippen molar-refractivity contribution in [3.8, 4) is 0 Å². The molecule has 0 saturated carbocycles. The second-order valence-electron chi connectivity index (χ2n) is 7.47. The Morgan fingerprint density at radius 1 is 1.07 bits per heavy atom. The van der Waals surface area contributed by atoms with Gasteiger partial charge in [0.1, 0.15) is 5.58 Å². The van der Waals surface area contributed by atoms with Gasteiger partial charge >= 0.3 is 0 Å². The van der Waals surface area contributed by atoms with E-state index < -0.39 is 0 Å². The molecule has 0 atom stereocenters. The molecule has 1 aliphatic heterocycles. The van der Waals surface area contributed by atoms with E-state index >= 15 is 0 Å². The van der Waals surface area contributed by atoms with E-state index in [0.29, 0.717) is 36.7 Å². The van der Waals surface area contributed by atoms with Crippen LogP contribution in [0.4, 0.5) is 0 Å². The molecule has 0 spiro atoms. The molecule has 1 aliphatic rings. The van der Waals surface area contributed by atoms with E-state index in [1.165, 1.54) is 11.3 Å². The molecule has 146 valence electrons. The number of piperidine rings is 1. The Morgan fingerprint density at radius 2 is 1.79 bits per heavy atom. The molecule has 0 N–H and O–H groups in total. The predicted molar refractivity (Wildman–Crippen MR) is 114 cm³/mol. The summed E-state index contributed by atoms with van der Waals surface area (Å²) < 4.78 is 6.86. The molecule has 2 aromatic carbocycles. The van der Waals surface area contributed by atoms with Crippen molar-refractivity contribution < 1.29 is 14.0 Å². The van der Waals surface area contributed by atoms with Gasteiger partial charge in [0.2, 0.25) is 0 Å². The fourth-order valence-corrected chi connectivity index (χ4v) is 5.00. The Kier molecular flexibility index (Phi) is 4.43. The molecule has 1 saturated heterocycles. The maximum Gasteiger partial charge on any atom is 0.289 e. The Hall–Kier alpha value is -2.99. The number of hydrogen-bond acceptors (Lipinski definition) is 5. The van der Waals surface area contributed by atoms with Crippen LogP contribution in [-0.2, 0) is 0 Å². The Morgan fingerprint density at radius 3 is 2.55 bits per heavy atom. The number of benzene rings is 2. The molecule has 5 nitrogen and oxygen atoms in total. The van der Waals surface area contributed by atoms with E-state index in [9.17, 15) is 9.59 Å². The van der Waals surface area contributed by atoms with E-state index in [4.69, 9.17) is 4.42 Å². The van der Waals surface area contributed by atoms with Crippen LogP contribution in [0.2, 0.25) is 0 Å². The predicted octanol–water partition coefficient (Wildman–Crippen LogP) is 5.09. The highest BCUT2D eigenvalue weighted by molar-refractivity contribution is 7.20. The molecular weight excluding hydrogens is 384 g/mol. The summed E-state index contributed by atoms with van der Waals surface area (Å²) in [4.78, 5) is 32.2. The van der Waals surface area contributed by atoms with Crippen molar-refractivity contribution in [1.29, 1.82) is 0 Å². The van der Waals surface area contributed by atoms with Crippen LogP contribution in [0, 0.1) is 12.8 Å². The number of nitrogens with zero attached hydrogens (tertiary/aromatic N) is 2. The number of aromatic nitrogens is 1. The summed E-state index contributed by atoms with van der Waals surface area (Å²) in [5.41, 5.74) is 2.47. The van der Waals surface area contributed by atoms with Crippen LogP contribution < -0.4 is 0 Å². The van der Waals surface area contributed by atoms with Gasteiger partial charge in [0.05, 0.1) is 10.2 Å². The minimum Gasteiger partial charge on any atom is -0.451 e. The number of furan rings is 1. The molecule has 4 aromatic rings. The van der Waals surface area contributed by atoms with Gasteiger partial charge in [-0.2, -0.15) is 0 Å². The molecule has 3 heterocycles. The lowest BCUT2D eigenvalue weighted by molar-refractivity contribution is 0.0625. The van der Waals surface area contributed by atoms with Crippen molar-refractivity contribution >= 4 is 44.2 Å². The lowest BCUT2D eigenvalue weighted by Gasteiger charge is -2.30. The molecule has 0 radical (unpaired) electrons. The molecular formula is C23H20N2O3S. The third kappa shape index (κ3) is 3.13. The molecule has 1 fully saturated rings. The zero-order chi connectivity index (χ0) is 20.0. The number of rotatable bonds is 3. The monoisotopic (exact) mass is 404 g/mol. The van der Waals surface area contributed by atoms with Gasteiger partial charge in [0, 0.05) is 30.0 Å². The average Bonchev–Trinajstić information content (AvgIpc) is 3.34. The fourth-order valence-electron chi connectivity index (χ4n) is 4.02. The number of Topliss-reactive ketones (excluding diaryl/α,β-unsaturated/α-hetero) is 1. The Balaban J connectivity index is 1.30. The van der Waals surface area contributed by atoms with Gasteiger partial charge in [0.25, 0.3) is 5.91 Å². The van der Waals surface area contributed by atoms with Crippen molar-refractivity contribution in [2.24, 2.45) is 5.92 Å². The number of ketones is 1. The number of thiazole rings is 1. The summed E-state index contributed by atoms with van der Waals surface area (Å²) in [7, 11) is 0. The van der Waals surface area contributed by atoms with Gasteiger partial charge in [0.15, 0.2) is 16.6 Å². The summed E-state index contributed by atoms with van der Waals surface area (Å²) in [5.74, 6) is 0.321. The summed E-state index contributed by atoms with van der Waals surface area (Å²) in [6.07, 6.45) is 1.31. The van der Waals surface area contributed by atoms with E-state index in [1.807, 2.05) is 55.5 Å². The topological polar surface area (TPSA) is 63.4 Å². The third-order valence-electron chi connectivity index (χ3n) is 5.70. The summed E-state index contributed by atoms with van der Waals surface area (Å²) in [5, 5.41) is 1.54. The van der Waals surface area contributed by atoms with E-state index in [2.05, 4.69) is 4.98 Å². The van der Waals surface area contributed by atoms with Gasteiger partial charge in [-0.05, 0) is 38.0 Å². The lowest BCUT2D eigenvalue weighted by Crippen LogP contribution is -2.40. The number of fused-ring (bicyclic) bond motifs is 2. The van der Waals surface area contributed by atoms with E-state index in [-0.39, 0.29) is 17.6 Å². The number of para-hydroxylation sites is 2. The minimum absolute atomic E-state index is 0.0867. The number of carbonyl (C=O) groups excluding carboxylic acids is 2. The number of likely N-dealkylation sites (tertiary alicyclic amines) is 1. The van der Waals surface area contributed by atoms with E-state index in [0.717, 1.165) is 26.7 Å². The first-order chi connectivity index (χ1) is 14.1. The van der Waals surface area contributed by atoms with Crippen LogP contribution in [0.5, 0.6) is 0 Å². The summed E-state index contributed by atoms with van der Waals surface area (Å²) >= 11 is 1.45.